The molecule has 1 atom stereocenters. The molecule has 4 nitrogen and oxygen atoms in total. The highest BCUT2D eigenvalue weighted by molar-refractivity contribution is 5.87. The van der Waals surface area contributed by atoms with Crippen LogP contribution in [0.2, 0.25) is 0 Å². The molecular formula is C23H20N2O2. The van der Waals surface area contributed by atoms with Crippen molar-refractivity contribution in [2.24, 2.45) is 11.0 Å². The first kappa shape index (κ1) is 17.0. The zero-order valence-electron chi connectivity index (χ0n) is 14.7. The number of amides is 1. The van der Waals surface area contributed by atoms with Crippen LogP contribution in [0.3, 0.4) is 0 Å². The van der Waals surface area contributed by atoms with Crippen molar-refractivity contribution in [2.45, 2.75) is 11.8 Å². The van der Waals surface area contributed by atoms with E-state index in [0.717, 1.165) is 23.1 Å². The molecule has 0 radical (unpaired) electrons. The summed E-state index contributed by atoms with van der Waals surface area (Å²) in [6.45, 7) is 0. The van der Waals surface area contributed by atoms with Gasteiger partial charge in [-0.3, -0.25) is 4.79 Å². The summed E-state index contributed by atoms with van der Waals surface area (Å²) in [6, 6.07) is 27.0. The van der Waals surface area contributed by atoms with Crippen molar-refractivity contribution in [3.8, 4) is 5.75 Å². The van der Waals surface area contributed by atoms with Crippen LogP contribution in [0.5, 0.6) is 5.75 Å². The summed E-state index contributed by atoms with van der Waals surface area (Å²) in [7, 11) is 0. The van der Waals surface area contributed by atoms with Crippen LogP contribution in [0.25, 0.3) is 0 Å². The monoisotopic (exact) mass is 356 g/mol. The summed E-state index contributed by atoms with van der Waals surface area (Å²) in [5.41, 5.74) is 5.38. The Morgan fingerprint density at radius 3 is 2.19 bits per heavy atom. The highest BCUT2D eigenvalue weighted by Crippen LogP contribution is 2.58. The lowest BCUT2D eigenvalue weighted by atomic mass is 9.85. The third-order valence-corrected chi connectivity index (χ3v) is 5.11. The van der Waals surface area contributed by atoms with Gasteiger partial charge in [0, 0.05) is 5.41 Å². The third-order valence-electron chi connectivity index (χ3n) is 5.11. The van der Waals surface area contributed by atoms with E-state index in [-0.39, 0.29) is 23.0 Å². The predicted octanol–water partition coefficient (Wildman–Crippen LogP) is 3.85. The molecule has 1 fully saturated rings. The average Bonchev–Trinajstić information content (AvgIpc) is 3.47. The number of phenols is 1. The summed E-state index contributed by atoms with van der Waals surface area (Å²) in [5.74, 6) is -0.0950. The Bertz CT molecular complexity index is 928. The molecule has 3 aromatic carbocycles. The molecule has 1 saturated carbocycles. The molecule has 0 spiro atoms. The van der Waals surface area contributed by atoms with E-state index in [1.54, 1.807) is 18.2 Å². The molecule has 1 amide bonds. The molecule has 4 heteroatoms. The van der Waals surface area contributed by atoms with Gasteiger partial charge < -0.3 is 5.11 Å². The lowest BCUT2D eigenvalue weighted by Crippen LogP contribution is -2.25. The molecule has 1 aliphatic carbocycles. The fourth-order valence-corrected chi connectivity index (χ4v) is 3.71. The van der Waals surface area contributed by atoms with Crippen LogP contribution in [0.1, 0.15) is 23.1 Å². The summed E-state index contributed by atoms with van der Waals surface area (Å²) in [4.78, 5) is 12.8. The molecule has 0 unspecified atom stereocenters. The van der Waals surface area contributed by atoms with Crippen LogP contribution < -0.4 is 5.43 Å². The van der Waals surface area contributed by atoms with Crippen LogP contribution in [0.15, 0.2) is 90.0 Å². The van der Waals surface area contributed by atoms with Gasteiger partial charge in [-0.25, -0.2) is 5.43 Å². The van der Waals surface area contributed by atoms with Gasteiger partial charge in [0.05, 0.1) is 12.1 Å². The second-order valence-electron chi connectivity index (χ2n) is 6.79. The molecule has 0 aromatic heterocycles. The van der Waals surface area contributed by atoms with E-state index in [0.29, 0.717) is 0 Å². The Balaban J connectivity index is 1.54. The summed E-state index contributed by atoms with van der Waals surface area (Å²) >= 11 is 0. The summed E-state index contributed by atoms with van der Waals surface area (Å²) in [6.07, 6.45) is 2.29. The van der Waals surface area contributed by atoms with Crippen molar-refractivity contribution in [3.05, 3.63) is 102 Å². The maximum Gasteiger partial charge on any atom is 0.244 e. The van der Waals surface area contributed by atoms with Gasteiger partial charge in [0.1, 0.15) is 5.75 Å². The zero-order valence-corrected chi connectivity index (χ0v) is 14.7. The van der Waals surface area contributed by atoms with E-state index in [4.69, 9.17) is 0 Å². The fraction of sp³-hybridized carbons (Fsp3) is 0.130. The van der Waals surface area contributed by atoms with Crippen LogP contribution in [-0.4, -0.2) is 17.2 Å². The minimum Gasteiger partial charge on any atom is -0.508 e. The molecule has 1 aliphatic rings. The number of nitrogens with one attached hydrogen (secondary N) is 1. The van der Waals surface area contributed by atoms with Gasteiger partial charge in [0.25, 0.3) is 0 Å². The quantitative estimate of drug-likeness (QED) is 0.539. The second kappa shape index (κ2) is 7.08. The number of hydrogen-bond acceptors (Lipinski definition) is 3. The highest BCUT2D eigenvalue weighted by atomic mass is 16.3. The minimum absolute atomic E-state index is 0.0980. The van der Waals surface area contributed by atoms with Gasteiger partial charge >= 0.3 is 0 Å². The number of phenolic OH excluding ortho intramolecular Hbond substituents is 1. The van der Waals surface area contributed by atoms with E-state index in [9.17, 15) is 9.90 Å². The number of carbonyl (C=O) groups excluding carboxylic acids is 1. The zero-order chi connectivity index (χ0) is 18.7. The van der Waals surface area contributed by atoms with E-state index in [2.05, 4.69) is 34.8 Å². The molecule has 134 valence electrons. The summed E-state index contributed by atoms with van der Waals surface area (Å²) in [5, 5.41) is 13.6. The molecular weight excluding hydrogens is 336 g/mol. The lowest BCUT2D eigenvalue weighted by molar-refractivity contribution is -0.122. The Kier molecular flexibility index (Phi) is 4.47. The first-order valence-corrected chi connectivity index (χ1v) is 8.93. The largest absolute Gasteiger partial charge is 0.508 e. The minimum atomic E-state index is -0.298. The van der Waals surface area contributed by atoms with Gasteiger partial charge in [-0.15, -0.1) is 0 Å². The molecule has 0 aliphatic heterocycles. The topological polar surface area (TPSA) is 61.7 Å². The number of aromatic hydroxyl groups is 1. The van der Waals surface area contributed by atoms with Crippen LogP contribution in [-0.2, 0) is 10.2 Å². The Labute approximate surface area is 158 Å². The SMILES string of the molecule is O=C(N/N=C/c1cccc(O)c1)[C@H]1CC1(c1ccccc1)c1ccccc1. The highest BCUT2D eigenvalue weighted by Gasteiger charge is 2.60. The first-order valence-electron chi connectivity index (χ1n) is 8.93. The van der Waals surface area contributed by atoms with Gasteiger partial charge in [-0.2, -0.15) is 5.10 Å². The number of benzene rings is 3. The van der Waals surface area contributed by atoms with Crippen molar-refractivity contribution >= 4 is 12.1 Å². The number of hydrazone groups is 1. The van der Waals surface area contributed by atoms with Crippen molar-refractivity contribution in [3.63, 3.8) is 0 Å². The number of hydrogen-bond donors (Lipinski definition) is 2. The Morgan fingerprint density at radius 2 is 1.59 bits per heavy atom. The molecule has 0 bridgehead atoms. The molecule has 4 rings (SSSR count). The van der Waals surface area contributed by atoms with Crippen LogP contribution in [0, 0.1) is 5.92 Å². The van der Waals surface area contributed by atoms with E-state index in [1.165, 1.54) is 6.21 Å². The maximum atomic E-state index is 12.8. The van der Waals surface area contributed by atoms with Gasteiger partial charge in [-0.05, 0) is 35.2 Å². The molecule has 0 saturated heterocycles. The Hall–Kier alpha value is -3.40. The molecule has 0 heterocycles. The maximum absolute atomic E-state index is 12.8. The van der Waals surface area contributed by atoms with Crippen LogP contribution >= 0.6 is 0 Å². The normalized spacial score (nSPS) is 17.6. The van der Waals surface area contributed by atoms with Gasteiger partial charge in [-0.1, -0.05) is 72.8 Å². The molecule has 3 aromatic rings. The van der Waals surface area contributed by atoms with Crippen LogP contribution in [0.4, 0.5) is 0 Å². The molecule has 27 heavy (non-hydrogen) atoms. The van der Waals surface area contributed by atoms with Crippen molar-refractivity contribution in [1.82, 2.24) is 5.43 Å². The molecule has 2 N–H and O–H groups in total. The third kappa shape index (κ3) is 3.34. The van der Waals surface area contributed by atoms with Crippen molar-refractivity contribution < 1.29 is 9.90 Å². The number of carbonyl (C=O) groups is 1. The second-order valence-corrected chi connectivity index (χ2v) is 6.79. The lowest BCUT2D eigenvalue weighted by Gasteiger charge is -2.18. The smallest absolute Gasteiger partial charge is 0.244 e. The standard InChI is InChI=1S/C23H20N2O2/c26-20-13-7-8-17(14-20)16-24-25-22(27)21-15-23(21,18-9-3-1-4-10-18)19-11-5-2-6-12-19/h1-14,16,21,26H,15H2,(H,25,27)/b24-16+/t21-/m1/s1. The van der Waals surface area contributed by atoms with Gasteiger partial charge in [0.2, 0.25) is 5.91 Å². The fourth-order valence-electron chi connectivity index (χ4n) is 3.71. The van der Waals surface area contributed by atoms with Crippen molar-refractivity contribution in [2.75, 3.05) is 0 Å². The van der Waals surface area contributed by atoms with Gasteiger partial charge in [0.15, 0.2) is 0 Å². The predicted molar refractivity (Wildman–Crippen MR) is 106 cm³/mol. The van der Waals surface area contributed by atoms with E-state index >= 15 is 0 Å². The number of rotatable bonds is 5. The summed E-state index contributed by atoms with van der Waals surface area (Å²) < 4.78 is 0. The van der Waals surface area contributed by atoms with E-state index < -0.39 is 0 Å². The average molecular weight is 356 g/mol. The first-order chi connectivity index (χ1) is 13.2. The van der Waals surface area contributed by atoms with Crippen molar-refractivity contribution in [1.29, 1.82) is 0 Å². The van der Waals surface area contributed by atoms with E-state index in [1.807, 2.05) is 42.5 Å². The Morgan fingerprint density at radius 1 is 0.963 bits per heavy atom. The number of nitrogens with zero attached hydrogens (tertiary/aromatic N) is 1.